The van der Waals surface area contributed by atoms with Crippen LogP contribution in [-0.2, 0) is 0 Å². The Labute approximate surface area is 98.1 Å². The highest BCUT2D eigenvalue weighted by atomic mass is 35.5. The van der Waals surface area contributed by atoms with Crippen molar-refractivity contribution in [2.75, 3.05) is 6.54 Å². The van der Waals surface area contributed by atoms with E-state index in [-0.39, 0.29) is 24.8 Å². The molecule has 0 aliphatic heterocycles. The average Bonchev–Trinajstić information content (AvgIpc) is 2.15. The van der Waals surface area contributed by atoms with E-state index >= 15 is 0 Å². The number of nitrogens with one attached hydrogen (secondary N) is 1. The topological polar surface area (TPSA) is 38.0 Å². The predicted octanol–water partition coefficient (Wildman–Crippen LogP) is 2.49. The lowest BCUT2D eigenvalue weighted by Crippen LogP contribution is -2.27. The van der Waals surface area contributed by atoms with E-state index in [1.54, 1.807) is 0 Å². The first-order valence-corrected chi connectivity index (χ1v) is 4.37. The Morgan fingerprint density at radius 1 is 1.21 bits per heavy atom. The van der Waals surface area contributed by atoms with E-state index in [0.29, 0.717) is 5.92 Å². The van der Waals surface area contributed by atoms with Crippen LogP contribution in [0.5, 0.6) is 0 Å². The summed E-state index contributed by atoms with van der Waals surface area (Å²) in [6.45, 7) is 3.02. The van der Waals surface area contributed by atoms with E-state index in [0.717, 1.165) is 13.0 Å². The molecule has 0 aliphatic rings. The number of hydrazine groups is 1. The molecule has 0 radical (unpaired) electrons. The molecule has 3 N–H and O–H groups in total. The molecule has 0 bridgehead atoms. The van der Waals surface area contributed by atoms with Crippen molar-refractivity contribution in [3.63, 3.8) is 0 Å². The molecule has 2 nitrogen and oxygen atoms in total. The molecule has 1 aromatic rings. The summed E-state index contributed by atoms with van der Waals surface area (Å²) in [4.78, 5) is 0. The molecule has 1 atom stereocenters. The Bertz CT molecular complexity index is 217. The maximum Gasteiger partial charge on any atom is 0.0166 e. The van der Waals surface area contributed by atoms with Gasteiger partial charge in [-0.1, -0.05) is 37.3 Å². The van der Waals surface area contributed by atoms with Crippen molar-refractivity contribution in [1.82, 2.24) is 5.43 Å². The molecule has 4 heteroatoms. The van der Waals surface area contributed by atoms with Crippen molar-refractivity contribution in [3.8, 4) is 0 Å². The van der Waals surface area contributed by atoms with Gasteiger partial charge in [-0.05, 0) is 17.9 Å². The Morgan fingerprint density at radius 3 is 2.21 bits per heavy atom. The summed E-state index contributed by atoms with van der Waals surface area (Å²) in [7, 11) is 0. The lowest BCUT2D eigenvalue weighted by molar-refractivity contribution is 0.586. The number of hydrogen-bond donors (Lipinski definition) is 2. The van der Waals surface area contributed by atoms with Crippen LogP contribution in [0.15, 0.2) is 30.3 Å². The van der Waals surface area contributed by atoms with Gasteiger partial charge in [-0.15, -0.1) is 24.8 Å². The largest absolute Gasteiger partial charge is 0.271 e. The minimum Gasteiger partial charge on any atom is -0.271 e. The van der Waals surface area contributed by atoms with Crippen molar-refractivity contribution in [3.05, 3.63) is 35.9 Å². The van der Waals surface area contributed by atoms with E-state index in [2.05, 4.69) is 36.6 Å². The number of nitrogens with two attached hydrogens (primary N) is 1. The quantitative estimate of drug-likeness (QED) is 0.623. The van der Waals surface area contributed by atoms with Crippen LogP contribution in [0.3, 0.4) is 0 Å². The van der Waals surface area contributed by atoms with Gasteiger partial charge < -0.3 is 0 Å². The fourth-order valence-corrected chi connectivity index (χ4v) is 1.37. The molecule has 14 heavy (non-hydrogen) atoms. The summed E-state index contributed by atoms with van der Waals surface area (Å²) >= 11 is 0. The molecule has 82 valence electrons. The number of benzene rings is 1. The second kappa shape index (κ2) is 9.28. The van der Waals surface area contributed by atoms with E-state index in [9.17, 15) is 0 Å². The molecular formula is C10H18Cl2N2. The van der Waals surface area contributed by atoms with Crippen LogP contribution < -0.4 is 11.3 Å². The fourth-order valence-electron chi connectivity index (χ4n) is 1.37. The second-order valence-electron chi connectivity index (χ2n) is 2.92. The van der Waals surface area contributed by atoms with Gasteiger partial charge in [-0.2, -0.15) is 0 Å². The third kappa shape index (κ3) is 4.82. The minimum atomic E-state index is 0. The summed E-state index contributed by atoms with van der Waals surface area (Å²) in [5.41, 5.74) is 4.08. The van der Waals surface area contributed by atoms with E-state index in [1.807, 2.05) is 6.07 Å². The van der Waals surface area contributed by atoms with E-state index < -0.39 is 0 Å². The summed E-state index contributed by atoms with van der Waals surface area (Å²) in [6.07, 6.45) is 1.12. The monoisotopic (exact) mass is 236 g/mol. The fraction of sp³-hybridized carbons (Fsp3) is 0.400. The predicted molar refractivity (Wildman–Crippen MR) is 66.2 cm³/mol. The molecule has 0 fully saturated rings. The summed E-state index contributed by atoms with van der Waals surface area (Å²) in [5.74, 6) is 5.83. The van der Waals surface area contributed by atoms with Gasteiger partial charge in [-0.3, -0.25) is 11.3 Å². The van der Waals surface area contributed by atoms with Crippen molar-refractivity contribution in [2.45, 2.75) is 19.3 Å². The van der Waals surface area contributed by atoms with Gasteiger partial charge in [0, 0.05) is 6.54 Å². The van der Waals surface area contributed by atoms with Gasteiger partial charge in [0.1, 0.15) is 0 Å². The third-order valence-corrected chi connectivity index (χ3v) is 2.13. The Hall–Kier alpha value is -0.280. The van der Waals surface area contributed by atoms with E-state index in [4.69, 9.17) is 5.84 Å². The maximum absolute atomic E-state index is 5.29. The van der Waals surface area contributed by atoms with Crippen LogP contribution in [0.1, 0.15) is 24.8 Å². The molecule has 0 saturated carbocycles. The molecule has 0 aromatic heterocycles. The summed E-state index contributed by atoms with van der Waals surface area (Å²) in [5, 5.41) is 0. The van der Waals surface area contributed by atoms with Crippen molar-refractivity contribution >= 4 is 24.8 Å². The summed E-state index contributed by atoms with van der Waals surface area (Å²) < 4.78 is 0. The Morgan fingerprint density at radius 2 is 1.79 bits per heavy atom. The Kier molecular flexibility index (Phi) is 10.7. The molecule has 0 spiro atoms. The summed E-state index contributed by atoms with van der Waals surface area (Å²) in [6, 6.07) is 10.5. The Balaban J connectivity index is 0. The van der Waals surface area contributed by atoms with Gasteiger partial charge in [0.15, 0.2) is 0 Å². The zero-order valence-corrected chi connectivity index (χ0v) is 9.91. The molecule has 1 rings (SSSR count). The van der Waals surface area contributed by atoms with Crippen LogP contribution in [-0.4, -0.2) is 6.54 Å². The van der Waals surface area contributed by atoms with Gasteiger partial charge in [0.05, 0.1) is 0 Å². The van der Waals surface area contributed by atoms with Crippen LogP contribution >= 0.6 is 24.8 Å². The van der Waals surface area contributed by atoms with Gasteiger partial charge >= 0.3 is 0 Å². The first-order valence-electron chi connectivity index (χ1n) is 4.37. The third-order valence-electron chi connectivity index (χ3n) is 2.13. The first kappa shape index (κ1) is 16.2. The van der Waals surface area contributed by atoms with Crippen LogP contribution in [0.25, 0.3) is 0 Å². The molecule has 0 amide bonds. The zero-order valence-electron chi connectivity index (χ0n) is 8.27. The van der Waals surface area contributed by atoms with Crippen LogP contribution in [0.2, 0.25) is 0 Å². The van der Waals surface area contributed by atoms with Crippen molar-refractivity contribution in [1.29, 1.82) is 0 Å². The molecule has 0 saturated heterocycles. The molecule has 0 heterocycles. The lowest BCUT2D eigenvalue weighted by atomic mass is 9.97. The first-order chi connectivity index (χ1) is 5.88. The normalized spacial score (nSPS) is 11.0. The van der Waals surface area contributed by atoms with Gasteiger partial charge in [0.2, 0.25) is 0 Å². The van der Waals surface area contributed by atoms with Gasteiger partial charge in [0.25, 0.3) is 0 Å². The van der Waals surface area contributed by atoms with Crippen LogP contribution in [0, 0.1) is 0 Å². The van der Waals surface area contributed by atoms with Gasteiger partial charge in [-0.25, -0.2) is 0 Å². The molecule has 1 aromatic carbocycles. The zero-order chi connectivity index (χ0) is 8.81. The maximum atomic E-state index is 5.29. The number of halogens is 2. The average molecular weight is 237 g/mol. The highest BCUT2D eigenvalue weighted by molar-refractivity contribution is 5.85. The minimum absolute atomic E-state index is 0. The van der Waals surface area contributed by atoms with E-state index in [1.165, 1.54) is 5.56 Å². The van der Waals surface area contributed by atoms with Crippen molar-refractivity contribution < 1.29 is 0 Å². The smallest absolute Gasteiger partial charge is 0.0166 e. The highest BCUT2D eigenvalue weighted by Crippen LogP contribution is 2.17. The number of hydrogen-bond acceptors (Lipinski definition) is 2. The molecule has 0 aliphatic carbocycles. The molecule has 1 unspecified atom stereocenters. The van der Waals surface area contributed by atoms with Crippen LogP contribution in [0.4, 0.5) is 0 Å². The lowest BCUT2D eigenvalue weighted by Gasteiger charge is -2.13. The SMILES string of the molecule is CCC(CNN)c1ccccc1.Cl.Cl. The highest BCUT2D eigenvalue weighted by Gasteiger charge is 2.06. The standard InChI is InChI=1S/C10H16N2.2ClH/c1-2-9(8-12-11)10-6-4-3-5-7-10;;/h3-7,9,12H,2,8,11H2,1H3;2*1H. The second-order valence-corrected chi connectivity index (χ2v) is 2.92. The van der Waals surface area contributed by atoms with Crippen molar-refractivity contribution in [2.24, 2.45) is 5.84 Å². The molecular weight excluding hydrogens is 219 g/mol. The number of rotatable bonds is 4.